The maximum Gasteiger partial charge on any atom is 0.326 e. The van der Waals surface area contributed by atoms with Crippen LogP contribution in [0.3, 0.4) is 0 Å². The van der Waals surface area contributed by atoms with E-state index in [0.29, 0.717) is 11.3 Å². The number of carbonyl (C=O) groups excluding carboxylic acids is 2. The highest BCUT2D eigenvalue weighted by Gasteiger charge is 2.49. The average molecular weight is 486 g/mol. The lowest BCUT2D eigenvalue weighted by Gasteiger charge is -2.26. The van der Waals surface area contributed by atoms with E-state index in [4.69, 9.17) is 9.47 Å². The van der Waals surface area contributed by atoms with E-state index in [1.807, 2.05) is 43.3 Å². The summed E-state index contributed by atoms with van der Waals surface area (Å²) in [5.74, 6) is -1.87. The maximum atomic E-state index is 13.4. The second-order valence-corrected chi connectivity index (χ2v) is 10.7. The van der Waals surface area contributed by atoms with Gasteiger partial charge in [0.15, 0.2) is 0 Å². The number of likely N-dealkylation sites (tertiary alicyclic amines) is 1. The normalized spacial score (nSPS) is 20.1. The molecular formula is C26H31NO6S. The predicted molar refractivity (Wildman–Crippen MR) is 130 cm³/mol. The third kappa shape index (κ3) is 6.11. The second kappa shape index (κ2) is 10.5. The molecule has 8 heteroatoms. The zero-order chi connectivity index (χ0) is 25.0. The van der Waals surface area contributed by atoms with Gasteiger partial charge < -0.3 is 19.5 Å². The fourth-order valence-corrected chi connectivity index (χ4v) is 5.44. The highest BCUT2D eigenvalue weighted by atomic mass is 32.2. The molecule has 0 spiro atoms. The van der Waals surface area contributed by atoms with Crippen molar-refractivity contribution in [3.8, 4) is 5.75 Å². The van der Waals surface area contributed by atoms with Crippen molar-refractivity contribution >= 4 is 29.6 Å². The van der Waals surface area contributed by atoms with Gasteiger partial charge in [-0.3, -0.25) is 9.59 Å². The van der Waals surface area contributed by atoms with Crippen molar-refractivity contribution in [2.45, 2.75) is 55.9 Å². The zero-order valence-electron chi connectivity index (χ0n) is 20.1. The number of amides is 1. The van der Waals surface area contributed by atoms with Gasteiger partial charge in [-0.05, 0) is 63.6 Å². The largest absolute Gasteiger partial charge is 0.497 e. The van der Waals surface area contributed by atoms with E-state index in [0.717, 1.165) is 10.5 Å². The molecule has 1 fully saturated rings. The van der Waals surface area contributed by atoms with Gasteiger partial charge in [0.25, 0.3) is 5.91 Å². The summed E-state index contributed by atoms with van der Waals surface area (Å²) in [7, 11) is 1.59. The number of carboxylic acids is 1. The van der Waals surface area contributed by atoms with Gasteiger partial charge in [-0.15, -0.1) is 11.8 Å². The highest BCUT2D eigenvalue weighted by Crippen LogP contribution is 2.40. The molecule has 1 aliphatic heterocycles. The highest BCUT2D eigenvalue weighted by molar-refractivity contribution is 8.00. The molecule has 1 amide bonds. The number of esters is 1. The van der Waals surface area contributed by atoms with E-state index in [9.17, 15) is 19.5 Å². The molecule has 2 aromatic rings. The Bertz CT molecular complexity index is 1050. The third-order valence-corrected chi connectivity index (χ3v) is 7.00. The molecule has 1 saturated heterocycles. The van der Waals surface area contributed by atoms with Crippen LogP contribution in [0, 0.1) is 12.8 Å². The van der Waals surface area contributed by atoms with Gasteiger partial charge in [0.1, 0.15) is 17.4 Å². The fraction of sp³-hybridized carbons (Fsp3) is 0.423. The SMILES string of the molecule is COc1ccc(S[C@H]2CN(C(=O)c3ccccc3C)[C@H](C(=O)O)[C@H]2CC(=O)OC(C)(C)C)cc1. The van der Waals surface area contributed by atoms with Crippen LogP contribution in [0.5, 0.6) is 5.75 Å². The molecular weight excluding hydrogens is 454 g/mol. The molecule has 34 heavy (non-hydrogen) atoms. The lowest BCUT2D eigenvalue weighted by atomic mass is 9.95. The molecule has 0 radical (unpaired) electrons. The Labute approximate surface area is 204 Å². The van der Waals surface area contributed by atoms with Crippen molar-refractivity contribution in [2.24, 2.45) is 5.92 Å². The minimum Gasteiger partial charge on any atom is -0.497 e. The van der Waals surface area contributed by atoms with Crippen LogP contribution in [0.15, 0.2) is 53.4 Å². The predicted octanol–water partition coefficient (Wildman–Crippen LogP) is 4.42. The van der Waals surface area contributed by atoms with E-state index in [1.165, 1.54) is 16.7 Å². The lowest BCUT2D eigenvalue weighted by molar-refractivity contribution is -0.156. The number of carbonyl (C=O) groups is 3. The molecule has 1 aliphatic rings. The Morgan fingerprint density at radius 1 is 1.09 bits per heavy atom. The smallest absolute Gasteiger partial charge is 0.326 e. The molecule has 0 unspecified atom stereocenters. The minimum atomic E-state index is -1.14. The number of thioether (sulfide) groups is 1. The van der Waals surface area contributed by atoms with Gasteiger partial charge in [0.2, 0.25) is 0 Å². The molecule has 2 aromatic carbocycles. The van der Waals surface area contributed by atoms with Crippen LogP contribution in [0.4, 0.5) is 0 Å². The Morgan fingerprint density at radius 2 is 1.74 bits per heavy atom. The van der Waals surface area contributed by atoms with Crippen molar-refractivity contribution in [1.82, 2.24) is 4.90 Å². The topological polar surface area (TPSA) is 93.1 Å². The van der Waals surface area contributed by atoms with Crippen molar-refractivity contribution in [3.05, 3.63) is 59.7 Å². The number of hydrogen-bond acceptors (Lipinski definition) is 6. The first kappa shape index (κ1) is 25.6. The number of hydrogen-bond donors (Lipinski definition) is 1. The summed E-state index contributed by atoms with van der Waals surface area (Å²) in [4.78, 5) is 40.9. The summed E-state index contributed by atoms with van der Waals surface area (Å²) in [5.41, 5.74) is 0.537. The lowest BCUT2D eigenvalue weighted by Crippen LogP contribution is -2.44. The number of carboxylic acid groups (broad SMARTS) is 1. The Hall–Kier alpha value is -3.00. The Morgan fingerprint density at radius 3 is 2.29 bits per heavy atom. The first-order valence-electron chi connectivity index (χ1n) is 11.1. The van der Waals surface area contributed by atoms with Gasteiger partial charge in [-0.1, -0.05) is 18.2 Å². The number of aliphatic carboxylic acids is 1. The molecule has 7 nitrogen and oxygen atoms in total. The quantitative estimate of drug-likeness (QED) is 0.580. The van der Waals surface area contributed by atoms with Crippen LogP contribution in [0.25, 0.3) is 0 Å². The fourth-order valence-electron chi connectivity index (χ4n) is 4.14. The van der Waals surface area contributed by atoms with E-state index in [-0.39, 0.29) is 24.1 Å². The molecule has 3 atom stereocenters. The standard InChI is InChI=1S/C26H31NO6S/c1-16-8-6-7-9-19(16)24(29)27-15-21(34-18-12-10-17(32-5)11-13-18)20(23(27)25(30)31)14-22(28)33-26(2,3)4/h6-13,20-21,23H,14-15H2,1-5H3,(H,30,31)/t20-,21-,23-/m0/s1. The monoisotopic (exact) mass is 485 g/mol. The van der Waals surface area contributed by atoms with Gasteiger partial charge in [-0.2, -0.15) is 0 Å². The van der Waals surface area contributed by atoms with Crippen LogP contribution >= 0.6 is 11.8 Å². The Kier molecular flexibility index (Phi) is 7.92. The van der Waals surface area contributed by atoms with Crippen molar-refractivity contribution in [1.29, 1.82) is 0 Å². The number of ether oxygens (including phenoxy) is 2. The number of rotatable bonds is 7. The molecule has 0 aromatic heterocycles. The summed E-state index contributed by atoms with van der Waals surface area (Å²) >= 11 is 1.46. The number of aryl methyl sites for hydroxylation is 1. The van der Waals surface area contributed by atoms with Crippen molar-refractivity contribution < 1.29 is 29.0 Å². The molecule has 182 valence electrons. The Balaban J connectivity index is 1.94. The van der Waals surface area contributed by atoms with E-state index in [2.05, 4.69) is 0 Å². The van der Waals surface area contributed by atoms with Crippen LogP contribution in [-0.4, -0.2) is 58.4 Å². The number of methoxy groups -OCH3 is 1. The van der Waals surface area contributed by atoms with E-state index < -0.39 is 29.5 Å². The first-order chi connectivity index (χ1) is 16.0. The van der Waals surface area contributed by atoms with Gasteiger partial charge in [0.05, 0.1) is 13.5 Å². The number of nitrogens with zero attached hydrogens (tertiary/aromatic N) is 1. The van der Waals surface area contributed by atoms with Crippen molar-refractivity contribution in [3.63, 3.8) is 0 Å². The van der Waals surface area contributed by atoms with Crippen LogP contribution < -0.4 is 4.74 Å². The second-order valence-electron chi connectivity index (χ2n) is 9.34. The van der Waals surface area contributed by atoms with Gasteiger partial charge in [0, 0.05) is 28.2 Å². The van der Waals surface area contributed by atoms with E-state index >= 15 is 0 Å². The summed E-state index contributed by atoms with van der Waals surface area (Å²) in [6.45, 7) is 7.33. The van der Waals surface area contributed by atoms with Gasteiger partial charge in [-0.25, -0.2) is 4.79 Å². The summed E-state index contributed by atoms with van der Waals surface area (Å²) < 4.78 is 10.7. The average Bonchev–Trinajstić information content (AvgIpc) is 3.10. The minimum absolute atomic E-state index is 0.0976. The van der Waals surface area contributed by atoms with Crippen LogP contribution in [-0.2, 0) is 14.3 Å². The van der Waals surface area contributed by atoms with Crippen LogP contribution in [0.2, 0.25) is 0 Å². The first-order valence-corrected chi connectivity index (χ1v) is 12.0. The maximum absolute atomic E-state index is 13.4. The summed E-state index contributed by atoms with van der Waals surface area (Å²) in [5, 5.41) is 9.83. The third-order valence-electron chi connectivity index (χ3n) is 5.65. The number of benzene rings is 2. The summed E-state index contributed by atoms with van der Waals surface area (Å²) in [6.07, 6.45) is -0.0976. The molecule has 0 bridgehead atoms. The molecule has 1 N–H and O–H groups in total. The van der Waals surface area contributed by atoms with Gasteiger partial charge >= 0.3 is 11.9 Å². The summed E-state index contributed by atoms with van der Waals surface area (Å²) in [6, 6.07) is 13.4. The van der Waals surface area contributed by atoms with Crippen LogP contribution in [0.1, 0.15) is 43.1 Å². The van der Waals surface area contributed by atoms with E-state index in [1.54, 1.807) is 40.0 Å². The molecule has 3 rings (SSSR count). The molecule has 0 saturated carbocycles. The zero-order valence-corrected chi connectivity index (χ0v) is 20.9. The van der Waals surface area contributed by atoms with Crippen molar-refractivity contribution in [2.75, 3.05) is 13.7 Å². The molecule has 0 aliphatic carbocycles. The molecule has 1 heterocycles.